The van der Waals surface area contributed by atoms with Crippen LogP contribution in [0.2, 0.25) is 5.02 Å². The van der Waals surface area contributed by atoms with Crippen molar-refractivity contribution in [1.82, 2.24) is 15.6 Å². The van der Waals surface area contributed by atoms with Crippen molar-refractivity contribution in [2.45, 2.75) is 28.8 Å². The molecule has 29 heavy (non-hydrogen) atoms. The normalized spacial score (nSPS) is 12.2. The minimum absolute atomic E-state index is 0.141. The highest BCUT2D eigenvalue weighted by Gasteiger charge is 2.29. The molecular formula is C15H14ClN3O9S. The van der Waals surface area contributed by atoms with Crippen LogP contribution >= 0.6 is 11.6 Å². The Hall–Kier alpha value is -3.19. The fraction of sp³-hybridized carbons (Fsp3) is 0.267. The van der Waals surface area contributed by atoms with Crippen molar-refractivity contribution in [2.24, 2.45) is 0 Å². The van der Waals surface area contributed by atoms with E-state index in [0.29, 0.717) is 5.02 Å². The molecule has 14 heteroatoms. The van der Waals surface area contributed by atoms with Crippen molar-refractivity contribution in [3.63, 3.8) is 0 Å². The van der Waals surface area contributed by atoms with E-state index >= 15 is 0 Å². The van der Waals surface area contributed by atoms with Gasteiger partial charge < -0.3 is 20.3 Å². The van der Waals surface area contributed by atoms with Crippen LogP contribution in [0.25, 0.3) is 0 Å². The van der Waals surface area contributed by atoms with E-state index in [-0.39, 0.29) is 4.90 Å². The fourth-order valence-corrected chi connectivity index (χ4v) is 3.33. The lowest BCUT2D eigenvalue weighted by atomic mass is 10.2. The van der Waals surface area contributed by atoms with Crippen molar-refractivity contribution in [2.75, 3.05) is 6.61 Å². The van der Waals surface area contributed by atoms with E-state index in [9.17, 15) is 22.8 Å². The summed E-state index contributed by atoms with van der Waals surface area (Å²) in [7, 11) is -4.13. The molecule has 0 fully saturated rings. The zero-order valence-corrected chi connectivity index (χ0v) is 16.0. The fourth-order valence-electron chi connectivity index (χ4n) is 2.03. The molecule has 0 radical (unpaired) electrons. The largest absolute Gasteiger partial charge is 0.481 e. The maximum atomic E-state index is 12.6. The number of sulfone groups is 1. The number of carboxylic acids is 2. The lowest BCUT2D eigenvalue weighted by Crippen LogP contribution is -2.42. The quantitative estimate of drug-likeness (QED) is 0.456. The molecule has 0 saturated heterocycles. The number of carbonyl (C=O) groups excluding carboxylic acids is 1. The van der Waals surface area contributed by atoms with E-state index in [1.165, 1.54) is 24.3 Å². The van der Waals surface area contributed by atoms with E-state index in [4.69, 9.17) is 26.6 Å². The lowest BCUT2D eigenvalue weighted by Gasteiger charge is -2.12. The standard InChI is InChI=1S/C15H14ClN3O9S/c16-8-1-3-9(4-2-8)29(25,26)14-13(18-28-19-14)27-6-5-11(20)17-10(15(23)24)7-12(21)22/h1-4,10H,5-7H2,(H,17,20)(H,21,22)(H,23,24)/t10-/m0/s1. The molecule has 0 bridgehead atoms. The van der Waals surface area contributed by atoms with Gasteiger partial charge in [0.1, 0.15) is 6.04 Å². The van der Waals surface area contributed by atoms with Crippen LogP contribution in [0, 0.1) is 0 Å². The molecule has 1 heterocycles. The molecular weight excluding hydrogens is 434 g/mol. The predicted molar refractivity (Wildman–Crippen MR) is 93.1 cm³/mol. The Balaban J connectivity index is 2.00. The van der Waals surface area contributed by atoms with Gasteiger partial charge in [-0.05, 0) is 34.6 Å². The van der Waals surface area contributed by atoms with E-state index < -0.39 is 64.1 Å². The summed E-state index contributed by atoms with van der Waals surface area (Å²) in [4.78, 5) is 33.2. The first-order valence-corrected chi connectivity index (χ1v) is 9.67. The van der Waals surface area contributed by atoms with Crippen LogP contribution in [-0.4, -0.2) is 59.4 Å². The topological polar surface area (TPSA) is 186 Å². The zero-order valence-electron chi connectivity index (χ0n) is 14.4. The van der Waals surface area contributed by atoms with Gasteiger partial charge in [0.05, 0.1) is 24.3 Å². The van der Waals surface area contributed by atoms with Gasteiger partial charge in [0.25, 0.3) is 10.9 Å². The van der Waals surface area contributed by atoms with Gasteiger partial charge in [0.15, 0.2) is 0 Å². The third kappa shape index (κ3) is 5.89. The van der Waals surface area contributed by atoms with Crippen LogP contribution in [0.5, 0.6) is 5.88 Å². The molecule has 0 saturated carbocycles. The first-order chi connectivity index (χ1) is 13.6. The number of aliphatic carboxylic acids is 2. The van der Waals surface area contributed by atoms with Gasteiger partial charge in [-0.1, -0.05) is 11.6 Å². The Labute approximate surface area is 168 Å². The summed E-state index contributed by atoms with van der Waals surface area (Å²) < 4.78 is 34.6. The van der Waals surface area contributed by atoms with E-state index in [1.54, 1.807) is 0 Å². The maximum Gasteiger partial charge on any atom is 0.326 e. The Kier molecular flexibility index (Phi) is 7.12. The average Bonchev–Trinajstić information content (AvgIpc) is 3.10. The molecule has 1 aromatic carbocycles. The van der Waals surface area contributed by atoms with Gasteiger partial charge >= 0.3 is 11.9 Å². The van der Waals surface area contributed by atoms with Gasteiger partial charge in [0.2, 0.25) is 15.7 Å². The van der Waals surface area contributed by atoms with Crippen molar-refractivity contribution < 1.29 is 42.4 Å². The van der Waals surface area contributed by atoms with Crippen molar-refractivity contribution >= 4 is 39.3 Å². The Morgan fingerprint density at radius 1 is 1.17 bits per heavy atom. The highest BCUT2D eigenvalue weighted by molar-refractivity contribution is 7.91. The first-order valence-electron chi connectivity index (χ1n) is 7.81. The minimum Gasteiger partial charge on any atom is -0.481 e. The van der Waals surface area contributed by atoms with E-state index in [1.807, 2.05) is 5.32 Å². The van der Waals surface area contributed by atoms with Crippen LogP contribution in [0.3, 0.4) is 0 Å². The van der Waals surface area contributed by atoms with Gasteiger partial charge in [-0.3, -0.25) is 9.59 Å². The second-order valence-electron chi connectivity index (χ2n) is 5.49. The van der Waals surface area contributed by atoms with Crippen LogP contribution in [0.1, 0.15) is 12.8 Å². The average molecular weight is 448 g/mol. The number of carboxylic acid groups (broad SMARTS) is 2. The monoisotopic (exact) mass is 447 g/mol. The number of aromatic nitrogens is 2. The van der Waals surface area contributed by atoms with Crippen LogP contribution in [-0.2, 0) is 24.2 Å². The summed E-state index contributed by atoms with van der Waals surface area (Å²) in [6.45, 7) is -0.400. The Morgan fingerprint density at radius 3 is 2.41 bits per heavy atom. The van der Waals surface area contributed by atoms with Gasteiger partial charge in [0, 0.05) is 5.02 Å². The third-order valence-electron chi connectivity index (χ3n) is 3.39. The highest BCUT2D eigenvalue weighted by Crippen LogP contribution is 2.27. The molecule has 3 N–H and O–H groups in total. The van der Waals surface area contributed by atoms with Gasteiger partial charge in [-0.2, -0.15) is 0 Å². The van der Waals surface area contributed by atoms with Crippen molar-refractivity contribution in [3.05, 3.63) is 29.3 Å². The summed E-state index contributed by atoms with van der Waals surface area (Å²) >= 11 is 5.73. The molecule has 2 rings (SSSR count). The number of carbonyl (C=O) groups is 3. The van der Waals surface area contributed by atoms with Crippen molar-refractivity contribution in [1.29, 1.82) is 0 Å². The van der Waals surface area contributed by atoms with E-state index in [0.717, 1.165) is 0 Å². The number of nitrogens with zero attached hydrogens (tertiary/aromatic N) is 2. The molecule has 0 spiro atoms. The van der Waals surface area contributed by atoms with Crippen LogP contribution in [0.15, 0.2) is 38.8 Å². The van der Waals surface area contributed by atoms with Crippen LogP contribution < -0.4 is 10.1 Å². The number of halogens is 1. The van der Waals surface area contributed by atoms with Crippen molar-refractivity contribution in [3.8, 4) is 5.88 Å². The second kappa shape index (κ2) is 9.34. The van der Waals surface area contributed by atoms with E-state index in [2.05, 4.69) is 14.9 Å². The number of nitrogens with one attached hydrogen (secondary N) is 1. The Bertz CT molecular complexity index is 1000. The number of benzene rings is 1. The summed E-state index contributed by atoms with van der Waals surface area (Å²) in [6.07, 6.45) is -1.21. The number of rotatable bonds is 10. The molecule has 1 amide bonds. The molecule has 0 aliphatic carbocycles. The molecule has 0 aliphatic rings. The summed E-state index contributed by atoms with van der Waals surface area (Å²) in [5.74, 6) is -4.23. The smallest absolute Gasteiger partial charge is 0.326 e. The molecule has 0 unspecified atom stereocenters. The number of amides is 1. The van der Waals surface area contributed by atoms with Crippen LogP contribution in [0.4, 0.5) is 0 Å². The highest BCUT2D eigenvalue weighted by atomic mass is 35.5. The summed E-state index contributed by atoms with van der Waals surface area (Å²) in [6, 6.07) is 3.61. The first kappa shape index (κ1) is 22.1. The maximum absolute atomic E-state index is 12.6. The zero-order chi connectivity index (χ0) is 21.6. The van der Waals surface area contributed by atoms with Gasteiger partial charge in [-0.15, -0.1) is 0 Å². The molecule has 0 aliphatic heterocycles. The molecule has 2 aromatic rings. The number of hydrogen-bond acceptors (Lipinski definition) is 9. The number of hydrogen-bond donors (Lipinski definition) is 3. The molecule has 12 nitrogen and oxygen atoms in total. The Morgan fingerprint density at radius 2 is 1.83 bits per heavy atom. The second-order valence-corrected chi connectivity index (χ2v) is 7.79. The number of ether oxygens (including phenoxy) is 1. The molecule has 1 aromatic heterocycles. The third-order valence-corrected chi connectivity index (χ3v) is 5.29. The van der Waals surface area contributed by atoms with Gasteiger partial charge in [-0.25, -0.2) is 17.8 Å². The lowest BCUT2D eigenvalue weighted by molar-refractivity contribution is -0.147. The predicted octanol–water partition coefficient (Wildman–Crippen LogP) is 0.369. The molecule has 1 atom stereocenters. The SMILES string of the molecule is O=C(O)C[C@H](NC(=O)CCOc1nonc1S(=O)(=O)c1ccc(Cl)cc1)C(=O)O. The molecule has 156 valence electrons. The minimum atomic E-state index is -4.13. The summed E-state index contributed by atoms with van der Waals surface area (Å²) in [5.41, 5.74) is 0. The summed E-state index contributed by atoms with van der Waals surface area (Å²) in [5, 5.41) is 25.9.